The molecule has 3 heteroatoms. The van der Waals surface area contributed by atoms with Gasteiger partial charge in [-0.15, -0.1) is 0 Å². The Labute approximate surface area is 161 Å². The van der Waals surface area contributed by atoms with Crippen LogP contribution >= 0.6 is 0 Å². The van der Waals surface area contributed by atoms with Crippen molar-refractivity contribution in [3.63, 3.8) is 0 Å². The Bertz CT molecular complexity index is 814. The number of hydrogen-bond donors (Lipinski definition) is 0. The molecule has 27 heavy (non-hydrogen) atoms. The monoisotopic (exact) mass is 361 g/mol. The van der Waals surface area contributed by atoms with Gasteiger partial charge in [0.2, 0.25) is 0 Å². The zero-order valence-electron chi connectivity index (χ0n) is 15.9. The van der Waals surface area contributed by atoms with Gasteiger partial charge in [-0.3, -0.25) is 4.79 Å². The maximum Gasteiger partial charge on any atom is 0.254 e. The van der Waals surface area contributed by atoms with E-state index in [0.717, 1.165) is 31.2 Å². The Hall–Kier alpha value is -2.55. The molecule has 2 aliphatic carbocycles. The van der Waals surface area contributed by atoms with Crippen molar-refractivity contribution >= 4 is 5.91 Å². The highest BCUT2D eigenvalue weighted by Gasteiger charge is 2.37. The highest BCUT2D eigenvalue weighted by molar-refractivity contribution is 5.94. The molecule has 0 aliphatic heterocycles. The Kier molecular flexibility index (Phi) is 5.28. The number of allylic oxidation sites excluding steroid dienone is 2. The number of fused-ring (bicyclic) bond motifs is 2. The second kappa shape index (κ2) is 7.99. The fourth-order valence-corrected chi connectivity index (χ4v) is 4.51. The van der Waals surface area contributed by atoms with Gasteiger partial charge in [-0.1, -0.05) is 48.6 Å². The molecule has 0 N–H and O–H groups in total. The van der Waals surface area contributed by atoms with Gasteiger partial charge < -0.3 is 9.64 Å². The maximum atomic E-state index is 13.3. The van der Waals surface area contributed by atoms with Crippen LogP contribution in [-0.2, 0) is 6.42 Å². The normalized spacial score (nSPS) is 22.8. The minimum atomic E-state index is 0.108. The van der Waals surface area contributed by atoms with Crippen molar-refractivity contribution in [1.29, 1.82) is 0 Å². The highest BCUT2D eigenvalue weighted by Crippen LogP contribution is 2.43. The fourth-order valence-electron chi connectivity index (χ4n) is 4.51. The average Bonchev–Trinajstić information content (AvgIpc) is 3.34. The van der Waals surface area contributed by atoms with E-state index in [-0.39, 0.29) is 5.91 Å². The van der Waals surface area contributed by atoms with Crippen molar-refractivity contribution in [2.24, 2.45) is 17.8 Å². The summed E-state index contributed by atoms with van der Waals surface area (Å²) in [5.41, 5.74) is 1.98. The van der Waals surface area contributed by atoms with Gasteiger partial charge in [0.25, 0.3) is 5.91 Å². The largest absolute Gasteiger partial charge is 0.497 e. The highest BCUT2D eigenvalue weighted by atomic mass is 16.5. The predicted molar refractivity (Wildman–Crippen MR) is 108 cm³/mol. The standard InChI is InChI=1S/C24H27NO2/c1-27-23-9-5-8-21(16-23)24(26)25(13-12-18-6-3-2-4-7-18)17-22-15-19-10-11-20(22)14-19/h2-11,16,19-20,22H,12-15,17H2,1H3. The summed E-state index contributed by atoms with van der Waals surface area (Å²) in [5.74, 6) is 2.80. The molecule has 0 aromatic heterocycles. The molecule has 1 amide bonds. The van der Waals surface area contributed by atoms with Gasteiger partial charge in [0, 0.05) is 18.7 Å². The molecule has 3 nitrogen and oxygen atoms in total. The first-order valence-electron chi connectivity index (χ1n) is 9.88. The van der Waals surface area contributed by atoms with Gasteiger partial charge in [-0.25, -0.2) is 0 Å². The van der Waals surface area contributed by atoms with E-state index >= 15 is 0 Å². The van der Waals surface area contributed by atoms with Gasteiger partial charge >= 0.3 is 0 Å². The molecule has 2 bridgehead atoms. The molecule has 3 unspecified atom stereocenters. The molecule has 2 aromatic carbocycles. The number of rotatable bonds is 7. The van der Waals surface area contributed by atoms with Gasteiger partial charge in [-0.2, -0.15) is 0 Å². The second-order valence-electron chi connectivity index (χ2n) is 7.76. The minimum Gasteiger partial charge on any atom is -0.497 e. The van der Waals surface area contributed by atoms with Crippen LogP contribution < -0.4 is 4.74 Å². The van der Waals surface area contributed by atoms with E-state index < -0.39 is 0 Å². The van der Waals surface area contributed by atoms with Crippen LogP contribution in [0.1, 0.15) is 28.8 Å². The van der Waals surface area contributed by atoms with Crippen molar-refractivity contribution in [2.75, 3.05) is 20.2 Å². The topological polar surface area (TPSA) is 29.5 Å². The van der Waals surface area contributed by atoms with Crippen LogP contribution in [0.3, 0.4) is 0 Å². The molecule has 0 heterocycles. The van der Waals surface area contributed by atoms with Crippen LogP contribution in [0.4, 0.5) is 0 Å². The minimum absolute atomic E-state index is 0.108. The van der Waals surface area contributed by atoms with Crippen molar-refractivity contribution in [1.82, 2.24) is 4.90 Å². The zero-order chi connectivity index (χ0) is 18.6. The smallest absolute Gasteiger partial charge is 0.254 e. The van der Waals surface area contributed by atoms with Crippen LogP contribution in [-0.4, -0.2) is 31.0 Å². The van der Waals surface area contributed by atoms with Crippen molar-refractivity contribution in [3.8, 4) is 5.75 Å². The second-order valence-corrected chi connectivity index (χ2v) is 7.76. The van der Waals surface area contributed by atoms with E-state index in [9.17, 15) is 4.79 Å². The fraction of sp³-hybridized carbons (Fsp3) is 0.375. The molecular weight excluding hydrogens is 334 g/mol. The quantitative estimate of drug-likeness (QED) is 0.675. The summed E-state index contributed by atoms with van der Waals surface area (Å²) in [6.45, 7) is 1.59. The van der Waals surface area contributed by atoms with Crippen molar-refractivity contribution < 1.29 is 9.53 Å². The molecule has 0 spiro atoms. The summed E-state index contributed by atoms with van der Waals surface area (Å²) >= 11 is 0. The van der Waals surface area contributed by atoms with Crippen LogP contribution in [0.25, 0.3) is 0 Å². The molecule has 0 radical (unpaired) electrons. The van der Waals surface area contributed by atoms with Crippen LogP contribution in [0.5, 0.6) is 5.75 Å². The lowest BCUT2D eigenvalue weighted by molar-refractivity contribution is 0.0721. The van der Waals surface area contributed by atoms with Gasteiger partial charge in [0.15, 0.2) is 0 Å². The lowest BCUT2D eigenvalue weighted by atomic mass is 9.92. The number of benzene rings is 2. The first-order chi connectivity index (χ1) is 13.2. The molecule has 2 aromatic rings. The summed E-state index contributed by atoms with van der Waals surface area (Å²) in [6.07, 6.45) is 8.09. The molecule has 1 saturated carbocycles. The molecule has 1 fully saturated rings. The number of methoxy groups -OCH3 is 1. The number of hydrogen-bond acceptors (Lipinski definition) is 2. The SMILES string of the molecule is COc1cccc(C(=O)N(CCc2ccccc2)CC2CC3C=CC2C3)c1. The molecule has 4 rings (SSSR count). The first kappa shape index (κ1) is 17.8. The van der Waals surface area contributed by atoms with Crippen LogP contribution in [0.15, 0.2) is 66.7 Å². The Morgan fingerprint density at radius 2 is 1.93 bits per heavy atom. The first-order valence-corrected chi connectivity index (χ1v) is 9.88. The van der Waals surface area contributed by atoms with Crippen molar-refractivity contribution in [2.45, 2.75) is 19.3 Å². The summed E-state index contributed by atoms with van der Waals surface area (Å²) in [6, 6.07) is 17.9. The van der Waals surface area contributed by atoms with E-state index in [1.807, 2.05) is 30.3 Å². The molecule has 0 saturated heterocycles. The molecular formula is C24H27NO2. The maximum absolute atomic E-state index is 13.3. The Morgan fingerprint density at radius 3 is 2.63 bits per heavy atom. The van der Waals surface area contributed by atoms with E-state index in [1.165, 1.54) is 18.4 Å². The molecule has 140 valence electrons. The zero-order valence-corrected chi connectivity index (χ0v) is 15.9. The third kappa shape index (κ3) is 4.08. The summed E-state index contributed by atoms with van der Waals surface area (Å²) < 4.78 is 5.31. The summed E-state index contributed by atoms with van der Waals surface area (Å²) in [7, 11) is 1.64. The Morgan fingerprint density at radius 1 is 1.07 bits per heavy atom. The van der Waals surface area contributed by atoms with Gasteiger partial charge in [0.05, 0.1) is 7.11 Å². The number of ether oxygens (including phenoxy) is 1. The predicted octanol–water partition coefficient (Wildman–Crippen LogP) is 4.59. The number of amides is 1. The summed E-state index contributed by atoms with van der Waals surface area (Å²) in [5, 5.41) is 0. The van der Waals surface area contributed by atoms with E-state index in [0.29, 0.717) is 17.4 Å². The Balaban J connectivity index is 1.50. The number of nitrogens with zero attached hydrogens (tertiary/aromatic N) is 1. The van der Waals surface area contributed by atoms with Gasteiger partial charge in [-0.05, 0) is 60.8 Å². The van der Waals surface area contributed by atoms with Crippen molar-refractivity contribution in [3.05, 3.63) is 77.9 Å². The van der Waals surface area contributed by atoms with E-state index in [4.69, 9.17) is 4.74 Å². The average molecular weight is 361 g/mol. The third-order valence-electron chi connectivity index (χ3n) is 5.99. The number of carbonyl (C=O) groups is 1. The molecule has 2 aliphatic rings. The van der Waals surface area contributed by atoms with E-state index in [1.54, 1.807) is 7.11 Å². The summed E-state index contributed by atoms with van der Waals surface area (Å²) in [4.78, 5) is 15.3. The van der Waals surface area contributed by atoms with Crippen LogP contribution in [0.2, 0.25) is 0 Å². The van der Waals surface area contributed by atoms with Gasteiger partial charge in [0.1, 0.15) is 5.75 Å². The molecule has 3 atom stereocenters. The van der Waals surface area contributed by atoms with E-state index in [2.05, 4.69) is 41.3 Å². The van der Waals surface area contributed by atoms with Crippen LogP contribution in [0, 0.1) is 17.8 Å². The lowest BCUT2D eigenvalue weighted by Gasteiger charge is -2.29. The third-order valence-corrected chi connectivity index (χ3v) is 5.99. The lowest BCUT2D eigenvalue weighted by Crippen LogP contribution is -2.38. The number of carbonyl (C=O) groups excluding carboxylic acids is 1.